The molecule has 0 N–H and O–H groups in total. The van der Waals surface area contributed by atoms with E-state index in [1.807, 2.05) is 0 Å². The van der Waals surface area contributed by atoms with Gasteiger partial charge in [0.15, 0.2) is 6.10 Å². The second-order valence-electron chi connectivity index (χ2n) is 5.36. The smallest absolute Gasteiger partial charge is 0.311 e. The molecule has 0 saturated carbocycles. The fourth-order valence-electron chi connectivity index (χ4n) is 2.32. The van der Waals surface area contributed by atoms with E-state index in [4.69, 9.17) is 25.8 Å². The average molecular weight is 363 g/mol. The molecule has 25 heavy (non-hydrogen) atoms. The van der Waals surface area contributed by atoms with E-state index in [9.17, 15) is 9.59 Å². The zero-order valence-electron chi connectivity index (χ0n) is 14.2. The topological polar surface area (TPSA) is 61.8 Å². The molecule has 0 heterocycles. The Morgan fingerprint density at radius 1 is 1.04 bits per heavy atom. The van der Waals surface area contributed by atoms with Crippen molar-refractivity contribution in [1.82, 2.24) is 0 Å². The van der Waals surface area contributed by atoms with Crippen LogP contribution >= 0.6 is 11.6 Å². The van der Waals surface area contributed by atoms with Crippen molar-refractivity contribution in [2.24, 2.45) is 0 Å². The maximum Gasteiger partial charge on any atom is 0.311 e. The van der Waals surface area contributed by atoms with Gasteiger partial charge in [-0.05, 0) is 49.4 Å². The van der Waals surface area contributed by atoms with Crippen molar-refractivity contribution in [3.63, 3.8) is 0 Å². The predicted octanol–water partition coefficient (Wildman–Crippen LogP) is 3.71. The van der Waals surface area contributed by atoms with Crippen LogP contribution in [0.25, 0.3) is 0 Å². The van der Waals surface area contributed by atoms with Gasteiger partial charge in [-0.15, -0.1) is 0 Å². The van der Waals surface area contributed by atoms with Crippen LogP contribution < -0.4 is 9.47 Å². The molecule has 0 amide bonds. The van der Waals surface area contributed by atoms with E-state index in [0.717, 1.165) is 0 Å². The molecule has 2 aromatic carbocycles. The molecule has 0 aliphatic carbocycles. The third-order valence-corrected chi connectivity index (χ3v) is 3.86. The lowest BCUT2D eigenvalue weighted by Crippen LogP contribution is -2.25. The van der Waals surface area contributed by atoms with Gasteiger partial charge >= 0.3 is 5.97 Å². The zero-order chi connectivity index (χ0) is 18.4. The van der Waals surface area contributed by atoms with E-state index in [1.54, 1.807) is 56.5 Å². The van der Waals surface area contributed by atoms with Crippen LogP contribution in [0.4, 0.5) is 0 Å². The molecule has 0 saturated heterocycles. The second-order valence-corrected chi connectivity index (χ2v) is 5.79. The van der Waals surface area contributed by atoms with E-state index in [2.05, 4.69) is 0 Å². The number of hydrogen-bond donors (Lipinski definition) is 0. The highest BCUT2D eigenvalue weighted by Gasteiger charge is 2.20. The van der Waals surface area contributed by atoms with E-state index < -0.39 is 12.1 Å². The van der Waals surface area contributed by atoms with E-state index >= 15 is 0 Å². The monoisotopic (exact) mass is 362 g/mol. The Kier molecular flexibility index (Phi) is 6.42. The molecule has 0 unspecified atom stereocenters. The van der Waals surface area contributed by atoms with Gasteiger partial charge in [0.25, 0.3) is 0 Å². The van der Waals surface area contributed by atoms with Crippen LogP contribution in [0.3, 0.4) is 0 Å². The molecular formula is C19H19ClO5. The third kappa shape index (κ3) is 4.97. The standard InChI is InChI=1S/C19H19ClO5/c1-12(19(22)13-4-7-16(23-2)8-5-13)25-18(21)11-14-10-15(20)6-9-17(14)24-3/h4-10,12H,11H2,1-3H3/t12-/m0/s1. The van der Waals surface area contributed by atoms with Gasteiger partial charge in [0, 0.05) is 16.1 Å². The van der Waals surface area contributed by atoms with Gasteiger partial charge < -0.3 is 14.2 Å². The number of Topliss-reactive ketones (excluding diaryl/α,β-unsaturated/α-hetero) is 1. The third-order valence-electron chi connectivity index (χ3n) is 3.63. The fourth-order valence-corrected chi connectivity index (χ4v) is 2.52. The average Bonchev–Trinajstić information content (AvgIpc) is 2.61. The van der Waals surface area contributed by atoms with E-state index in [-0.39, 0.29) is 12.2 Å². The van der Waals surface area contributed by atoms with E-state index in [0.29, 0.717) is 27.6 Å². The van der Waals surface area contributed by atoms with Crippen molar-refractivity contribution in [3.05, 3.63) is 58.6 Å². The lowest BCUT2D eigenvalue weighted by Gasteiger charge is -2.14. The Bertz CT molecular complexity index is 755. The predicted molar refractivity (Wildman–Crippen MR) is 94.6 cm³/mol. The number of ether oxygens (including phenoxy) is 3. The van der Waals surface area contributed by atoms with Crippen molar-refractivity contribution >= 4 is 23.4 Å². The lowest BCUT2D eigenvalue weighted by atomic mass is 10.1. The summed E-state index contributed by atoms with van der Waals surface area (Å²) in [6.45, 7) is 1.54. The first-order valence-electron chi connectivity index (χ1n) is 7.64. The first-order valence-corrected chi connectivity index (χ1v) is 8.02. The van der Waals surface area contributed by atoms with Gasteiger partial charge in [-0.25, -0.2) is 0 Å². The Morgan fingerprint density at radius 3 is 2.32 bits per heavy atom. The summed E-state index contributed by atoms with van der Waals surface area (Å²) in [5, 5.41) is 0.492. The molecule has 0 radical (unpaired) electrons. The van der Waals surface area contributed by atoms with Gasteiger partial charge in [-0.2, -0.15) is 0 Å². The zero-order valence-corrected chi connectivity index (χ0v) is 15.0. The summed E-state index contributed by atoms with van der Waals surface area (Å²) in [4.78, 5) is 24.5. The van der Waals surface area contributed by atoms with Gasteiger partial charge in [0.1, 0.15) is 11.5 Å². The summed E-state index contributed by atoms with van der Waals surface area (Å²) in [6.07, 6.45) is -0.935. The summed E-state index contributed by atoms with van der Waals surface area (Å²) in [6, 6.07) is 11.6. The Hall–Kier alpha value is -2.53. The van der Waals surface area contributed by atoms with Crippen LogP contribution in [0, 0.1) is 0 Å². The second kappa shape index (κ2) is 8.53. The molecule has 0 bridgehead atoms. The van der Waals surface area contributed by atoms with Crippen molar-refractivity contribution in [2.45, 2.75) is 19.4 Å². The van der Waals surface area contributed by atoms with Crippen molar-refractivity contribution in [1.29, 1.82) is 0 Å². The van der Waals surface area contributed by atoms with Crippen LogP contribution in [0.5, 0.6) is 11.5 Å². The molecule has 0 aromatic heterocycles. The van der Waals surface area contributed by atoms with Crippen LogP contribution in [0.2, 0.25) is 5.02 Å². The highest BCUT2D eigenvalue weighted by molar-refractivity contribution is 6.30. The fraction of sp³-hybridized carbons (Fsp3) is 0.263. The van der Waals surface area contributed by atoms with Crippen LogP contribution in [-0.4, -0.2) is 32.1 Å². The van der Waals surface area contributed by atoms with E-state index in [1.165, 1.54) is 7.11 Å². The summed E-state index contributed by atoms with van der Waals surface area (Å²) < 4.78 is 15.5. The minimum atomic E-state index is -0.897. The number of methoxy groups -OCH3 is 2. The van der Waals surface area contributed by atoms with Crippen molar-refractivity contribution in [3.8, 4) is 11.5 Å². The van der Waals surface area contributed by atoms with Gasteiger partial charge in [0.2, 0.25) is 5.78 Å². The summed E-state index contributed by atoms with van der Waals surface area (Å²) in [7, 11) is 3.05. The number of carbonyl (C=O) groups excluding carboxylic acids is 2. The number of ketones is 1. The molecule has 2 rings (SSSR count). The molecular weight excluding hydrogens is 344 g/mol. The Labute approximate surface area is 151 Å². The first-order chi connectivity index (χ1) is 11.9. The number of esters is 1. The van der Waals surface area contributed by atoms with Crippen LogP contribution in [0.15, 0.2) is 42.5 Å². The maximum absolute atomic E-state index is 12.3. The van der Waals surface area contributed by atoms with Gasteiger partial charge in [-0.3, -0.25) is 9.59 Å². The van der Waals surface area contributed by atoms with Crippen LogP contribution in [0.1, 0.15) is 22.8 Å². The Morgan fingerprint density at radius 2 is 1.72 bits per heavy atom. The number of carbonyl (C=O) groups is 2. The van der Waals surface area contributed by atoms with Gasteiger partial charge in [0.05, 0.1) is 20.6 Å². The highest BCUT2D eigenvalue weighted by atomic mass is 35.5. The number of benzene rings is 2. The summed E-state index contributed by atoms with van der Waals surface area (Å²) in [5.74, 6) is 0.369. The van der Waals surface area contributed by atoms with Crippen LogP contribution in [-0.2, 0) is 16.0 Å². The molecule has 6 heteroatoms. The molecule has 0 aliphatic heterocycles. The normalized spacial score (nSPS) is 11.5. The highest BCUT2D eigenvalue weighted by Crippen LogP contribution is 2.23. The summed E-state index contributed by atoms with van der Waals surface area (Å²) in [5.41, 5.74) is 1.05. The summed E-state index contributed by atoms with van der Waals surface area (Å²) >= 11 is 5.95. The first kappa shape index (κ1) is 18.8. The quantitative estimate of drug-likeness (QED) is 0.555. The molecule has 0 fully saturated rings. The Balaban J connectivity index is 2.01. The number of rotatable bonds is 7. The molecule has 5 nitrogen and oxygen atoms in total. The molecule has 132 valence electrons. The largest absolute Gasteiger partial charge is 0.497 e. The molecule has 0 aliphatic rings. The minimum Gasteiger partial charge on any atom is -0.497 e. The van der Waals surface area contributed by atoms with Crippen molar-refractivity contribution in [2.75, 3.05) is 14.2 Å². The van der Waals surface area contributed by atoms with Gasteiger partial charge in [-0.1, -0.05) is 11.6 Å². The number of halogens is 1. The molecule has 1 atom stereocenters. The lowest BCUT2D eigenvalue weighted by molar-refractivity contribution is -0.145. The molecule has 0 spiro atoms. The number of hydrogen-bond acceptors (Lipinski definition) is 5. The molecule has 2 aromatic rings. The SMILES string of the molecule is COc1ccc(C(=O)[C@H](C)OC(=O)Cc2cc(Cl)ccc2OC)cc1. The van der Waals surface area contributed by atoms with Crippen molar-refractivity contribution < 1.29 is 23.8 Å². The maximum atomic E-state index is 12.3. The minimum absolute atomic E-state index is 0.0377.